The molecule has 2 aromatic rings. The number of rotatable bonds is 5. The molecular weight excluding hydrogens is 372 g/mol. The van der Waals surface area contributed by atoms with Gasteiger partial charge in [0.1, 0.15) is 18.5 Å². The summed E-state index contributed by atoms with van der Waals surface area (Å²) in [6.45, 7) is 0.886. The first-order chi connectivity index (χ1) is 14.1. The number of nitrogens with zero attached hydrogens (tertiary/aromatic N) is 1. The van der Waals surface area contributed by atoms with Crippen molar-refractivity contribution in [3.63, 3.8) is 0 Å². The molecule has 0 unspecified atom stereocenters. The fraction of sp³-hybridized carbons (Fsp3) is 0.364. The third-order valence-electron chi connectivity index (χ3n) is 5.27. The van der Waals surface area contributed by atoms with Crippen LogP contribution < -0.4 is 15.0 Å². The minimum Gasteiger partial charge on any atom is -0.488 e. The quantitative estimate of drug-likeness (QED) is 0.807. The molecule has 1 aliphatic carbocycles. The number of amides is 2. The van der Waals surface area contributed by atoms with Gasteiger partial charge < -0.3 is 19.9 Å². The van der Waals surface area contributed by atoms with Crippen LogP contribution in [0.5, 0.6) is 5.75 Å². The van der Waals surface area contributed by atoms with Gasteiger partial charge in [-0.25, -0.2) is 4.79 Å². The minimum absolute atomic E-state index is 0.171. The molecule has 29 heavy (non-hydrogen) atoms. The minimum atomic E-state index is -0.423. The predicted molar refractivity (Wildman–Crippen MR) is 108 cm³/mol. The van der Waals surface area contributed by atoms with Crippen molar-refractivity contribution in [2.75, 3.05) is 23.4 Å². The molecule has 2 fully saturated rings. The standard InChI is InChI=1S/C22H24N2O5/c25-19-3-1-2-4-20(19)29-18-11-7-16(8-12-18)23-21(26)15-5-9-17(10-6-15)24-13-14-28-22(24)27/h5-12,19-20,25H,1-4,13-14H2,(H,23,26)/t19-,20-/m0/s1. The van der Waals surface area contributed by atoms with Crippen LogP contribution in [0.25, 0.3) is 0 Å². The Kier molecular flexibility index (Phi) is 5.67. The van der Waals surface area contributed by atoms with Crippen LogP contribution in [-0.2, 0) is 4.74 Å². The van der Waals surface area contributed by atoms with Crippen LogP contribution in [0.15, 0.2) is 48.5 Å². The Bertz CT molecular complexity index is 866. The van der Waals surface area contributed by atoms with Gasteiger partial charge in [-0.1, -0.05) is 6.42 Å². The van der Waals surface area contributed by atoms with E-state index in [4.69, 9.17) is 9.47 Å². The molecule has 1 saturated heterocycles. The maximum Gasteiger partial charge on any atom is 0.414 e. The zero-order valence-electron chi connectivity index (χ0n) is 16.0. The van der Waals surface area contributed by atoms with Crippen molar-refractivity contribution in [2.45, 2.75) is 37.9 Å². The van der Waals surface area contributed by atoms with Gasteiger partial charge in [-0.2, -0.15) is 0 Å². The first-order valence-corrected chi connectivity index (χ1v) is 9.91. The molecule has 1 saturated carbocycles. The van der Waals surface area contributed by atoms with E-state index >= 15 is 0 Å². The van der Waals surface area contributed by atoms with Crippen LogP contribution >= 0.6 is 0 Å². The zero-order valence-corrected chi connectivity index (χ0v) is 16.0. The van der Waals surface area contributed by atoms with E-state index < -0.39 is 6.10 Å². The highest BCUT2D eigenvalue weighted by molar-refractivity contribution is 6.04. The lowest BCUT2D eigenvalue weighted by Gasteiger charge is -2.28. The molecule has 2 aliphatic rings. The molecule has 2 amide bonds. The van der Waals surface area contributed by atoms with Gasteiger partial charge in [-0.05, 0) is 67.8 Å². The number of ether oxygens (including phenoxy) is 2. The van der Waals surface area contributed by atoms with E-state index in [1.54, 1.807) is 48.5 Å². The highest BCUT2D eigenvalue weighted by atomic mass is 16.6. The Labute approximate surface area is 169 Å². The van der Waals surface area contributed by atoms with Crippen molar-refractivity contribution < 1.29 is 24.2 Å². The Balaban J connectivity index is 1.35. The van der Waals surface area contributed by atoms with E-state index in [9.17, 15) is 14.7 Å². The van der Waals surface area contributed by atoms with E-state index in [0.29, 0.717) is 35.8 Å². The summed E-state index contributed by atoms with van der Waals surface area (Å²) in [5.74, 6) is 0.438. The van der Waals surface area contributed by atoms with Crippen molar-refractivity contribution in [2.24, 2.45) is 0 Å². The highest BCUT2D eigenvalue weighted by Crippen LogP contribution is 2.25. The monoisotopic (exact) mass is 396 g/mol. The zero-order chi connectivity index (χ0) is 20.2. The fourth-order valence-corrected chi connectivity index (χ4v) is 3.63. The van der Waals surface area contributed by atoms with Gasteiger partial charge in [0.25, 0.3) is 5.91 Å². The second-order valence-electron chi connectivity index (χ2n) is 7.30. The maximum atomic E-state index is 12.5. The Morgan fingerprint density at radius 1 is 1.07 bits per heavy atom. The molecule has 7 nitrogen and oxygen atoms in total. The lowest BCUT2D eigenvalue weighted by Crippen LogP contribution is -2.34. The molecule has 2 aromatic carbocycles. The molecule has 2 N–H and O–H groups in total. The first-order valence-electron chi connectivity index (χ1n) is 9.91. The van der Waals surface area contributed by atoms with Crippen molar-refractivity contribution in [1.29, 1.82) is 0 Å². The average molecular weight is 396 g/mol. The topological polar surface area (TPSA) is 88.1 Å². The maximum absolute atomic E-state index is 12.5. The number of aliphatic hydroxyl groups is 1. The molecule has 0 radical (unpaired) electrons. The van der Waals surface area contributed by atoms with Crippen molar-refractivity contribution in [1.82, 2.24) is 0 Å². The van der Waals surface area contributed by atoms with Gasteiger partial charge in [0, 0.05) is 16.9 Å². The third kappa shape index (κ3) is 4.51. The van der Waals surface area contributed by atoms with Gasteiger partial charge in [0.05, 0.1) is 12.6 Å². The third-order valence-corrected chi connectivity index (χ3v) is 5.27. The molecule has 0 bridgehead atoms. The summed E-state index contributed by atoms with van der Waals surface area (Å²) in [5.41, 5.74) is 1.85. The second-order valence-corrected chi connectivity index (χ2v) is 7.30. The first kappa shape index (κ1) is 19.3. The molecule has 152 valence electrons. The number of carbonyl (C=O) groups excluding carboxylic acids is 2. The van der Waals surface area contributed by atoms with Crippen molar-refractivity contribution in [3.8, 4) is 5.75 Å². The SMILES string of the molecule is O=C(Nc1ccc(O[C@H]2CCCC[C@@H]2O)cc1)c1ccc(N2CCOC2=O)cc1. The summed E-state index contributed by atoms with van der Waals surface area (Å²) in [4.78, 5) is 25.6. The van der Waals surface area contributed by atoms with Crippen LogP contribution in [0.1, 0.15) is 36.0 Å². The lowest BCUT2D eigenvalue weighted by molar-refractivity contribution is 0.00688. The van der Waals surface area contributed by atoms with Gasteiger partial charge >= 0.3 is 6.09 Å². The molecule has 4 rings (SSSR count). The largest absolute Gasteiger partial charge is 0.488 e. The van der Waals surface area contributed by atoms with Gasteiger partial charge in [0.2, 0.25) is 0 Å². The van der Waals surface area contributed by atoms with Crippen LogP contribution in [0.2, 0.25) is 0 Å². The van der Waals surface area contributed by atoms with Crippen molar-refractivity contribution in [3.05, 3.63) is 54.1 Å². The van der Waals surface area contributed by atoms with Crippen LogP contribution in [0.4, 0.5) is 16.2 Å². The number of carbonyl (C=O) groups is 2. The highest BCUT2D eigenvalue weighted by Gasteiger charge is 2.25. The molecule has 0 spiro atoms. The number of hydrogen-bond acceptors (Lipinski definition) is 5. The van der Waals surface area contributed by atoms with E-state index in [1.807, 2.05) is 0 Å². The van der Waals surface area contributed by atoms with E-state index in [0.717, 1.165) is 25.7 Å². The predicted octanol–water partition coefficient (Wildman–Crippen LogP) is 3.58. The number of cyclic esters (lactones) is 1. The van der Waals surface area contributed by atoms with Gasteiger partial charge in [-0.3, -0.25) is 9.69 Å². The Morgan fingerprint density at radius 2 is 1.79 bits per heavy atom. The second kappa shape index (κ2) is 8.53. The molecular formula is C22H24N2O5. The van der Waals surface area contributed by atoms with E-state index in [1.165, 1.54) is 4.90 Å². The van der Waals surface area contributed by atoms with E-state index in [2.05, 4.69) is 5.32 Å². The van der Waals surface area contributed by atoms with Gasteiger partial charge in [0.15, 0.2) is 0 Å². The molecule has 1 heterocycles. The van der Waals surface area contributed by atoms with Crippen LogP contribution in [0.3, 0.4) is 0 Å². The summed E-state index contributed by atoms with van der Waals surface area (Å²) in [6, 6.07) is 13.9. The average Bonchev–Trinajstić information content (AvgIpc) is 3.17. The summed E-state index contributed by atoms with van der Waals surface area (Å²) < 4.78 is 10.8. The molecule has 7 heteroatoms. The lowest BCUT2D eigenvalue weighted by atomic mass is 9.95. The van der Waals surface area contributed by atoms with Crippen molar-refractivity contribution >= 4 is 23.4 Å². The van der Waals surface area contributed by atoms with Gasteiger partial charge in [-0.15, -0.1) is 0 Å². The smallest absolute Gasteiger partial charge is 0.414 e. The fourth-order valence-electron chi connectivity index (χ4n) is 3.63. The summed E-state index contributed by atoms with van der Waals surface area (Å²) in [6.07, 6.45) is 2.76. The van der Waals surface area contributed by atoms with Crippen LogP contribution in [0, 0.1) is 0 Å². The summed E-state index contributed by atoms with van der Waals surface area (Å²) in [5, 5.41) is 12.9. The molecule has 2 atom stereocenters. The number of anilines is 2. The normalized spacial score (nSPS) is 21.6. The molecule has 1 aliphatic heterocycles. The number of hydrogen-bond donors (Lipinski definition) is 2. The summed E-state index contributed by atoms with van der Waals surface area (Å²) >= 11 is 0. The number of benzene rings is 2. The van der Waals surface area contributed by atoms with Crippen LogP contribution in [-0.4, -0.2) is 42.5 Å². The number of aliphatic hydroxyl groups excluding tert-OH is 1. The molecule has 0 aromatic heterocycles. The Hall–Kier alpha value is -3.06. The number of nitrogens with one attached hydrogen (secondary N) is 1. The summed E-state index contributed by atoms with van der Waals surface area (Å²) in [7, 11) is 0. The van der Waals surface area contributed by atoms with E-state index in [-0.39, 0.29) is 18.1 Å². The Morgan fingerprint density at radius 3 is 2.45 bits per heavy atom.